The van der Waals surface area contributed by atoms with Crippen molar-refractivity contribution >= 4 is 30.7 Å². The van der Waals surface area contributed by atoms with Gasteiger partial charge in [-0.3, -0.25) is 9.69 Å². The number of carbonyl (C=O) groups is 1. The SMILES string of the molecule is CC1(C)CN(C2(CNC(=O)CCCCCCN)CCCCC2)CCO1.Cl.Cl. The van der Waals surface area contributed by atoms with E-state index >= 15 is 0 Å². The van der Waals surface area contributed by atoms with Crippen LogP contribution in [0, 0.1) is 0 Å². The number of carbonyl (C=O) groups excluding carboxylic acids is 1. The highest BCUT2D eigenvalue weighted by Gasteiger charge is 2.42. The van der Waals surface area contributed by atoms with Gasteiger partial charge in [-0.2, -0.15) is 0 Å². The van der Waals surface area contributed by atoms with Crippen molar-refractivity contribution in [2.75, 3.05) is 32.8 Å². The van der Waals surface area contributed by atoms with Gasteiger partial charge in [0.05, 0.1) is 12.2 Å². The van der Waals surface area contributed by atoms with Crippen molar-refractivity contribution in [2.24, 2.45) is 5.73 Å². The molecule has 27 heavy (non-hydrogen) atoms. The Labute approximate surface area is 178 Å². The van der Waals surface area contributed by atoms with Crippen molar-refractivity contribution in [1.29, 1.82) is 0 Å². The molecule has 1 aliphatic carbocycles. The minimum atomic E-state index is -0.0876. The summed E-state index contributed by atoms with van der Waals surface area (Å²) in [4.78, 5) is 14.9. The number of morpholine rings is 1. The van der Waals surface area contributed by atoms with E-state index in [0.29, 0.717) is 6.42 Å². The molecule has 0 bridgehead atoms. The molecule has 0 aromatic carbocycles. The number of nitrogens with two attached hydrogens (primary N) is 1. The lowest BCUT2D eigenvalue weighted by Crippen LogP contribution is -2.63. The van der Waals surface area contributed by atoms with Gasteiger partial charge in [0, 0.05) is 31.6 Å². The molecule has 162 valence electrons. The first-order valence-electron chi connectivity index (χ1n) is 10.3. The van der Waals surface area contributed by atoms with Gasteiger partial charge < -0.3 is 15.8 Å². The van der Waals surface area contributed by atoms with Crippen LogP contribution in [-0.2, 0) is 9.53 Å². The van der Waals surface area contributed by atoms with Gasteiger partial charge in [-0.25, -0.2) is 0 Å². The first-order chi connectivity index (χ1) is 12.0. The van der Waals surface area contributed by atoms with Gasteiger partial charge >= 0.3 is 0 Å². The highest BCUT2D eigenvalue weighted by atomic mass is 35.5. The zero-order valence-electron chi connectivity index (χ0n) is 17.3. The van der Waals surface area contributed by atoms with Crippen LogP contribution < -0.4 is 11.1 Å². The van der Waals surface area contributed by atoms with Gasteiger partial charge in [-0.1, -0.05) is 32.1 Å². The van der Waals surface area contributed by atoms with E-state index < -0.39 is 0 Å². The smallest absolute Gasteiger partial charge is 0.220 e. The molecule has 0 aromatic rings. The van der Waals surface area contributed by atoms with Crippen molar-refractivity contribution in [3.05, 3.63) is 0 Å². The number of hydrogen-bond donors (Lipinski definition) is 2. The summed E-state index contributed by atoms with van der Waals surface area (Å²) in [6.45, 7) is 8.64. The third-order valence-corrected chi connectivity index (χ3v) is 5.85. The normalized spacial score (nSPS) is 21.6. The summed E-state index contributed by atoms with van der Waals surface area (Å²) in [5, 5.41) is 3.26. The monoisotopic (exact) mass is 425 g/mol. The molecular weight excluding hydrogens is 385 g/mol. The fourth-order valence-corrected chi connectivity index (χ4v) is 4.37. The van der Waals surface area contributed by atoms with E-state index in [1.807, 2.05) is 0 Å². The number of ether oxygens (including phenoxy) is 1. The molecule has 2 fully saturated rings. The molecule has 1 aliphatic heterocycles. The van der Waals surface area contributed by atoms with Gasteiger partial charge in [0.2, 0.25) is 5.91 Å². The van der Waals surface area contributed by atoms with Crippen molar-refractivity contribution in [3.63, 3.8) is 0 Å². The molecule has 0 aromatic heterocycles. The lowest BCUT2D eigenvalue weighted by Gasteiger charge is -2.51. The van der Waals surface area contributed by atoms with Crippen LogP contribution in [0.4, 0.5) is 0 Å². The average Bonchev–Trinajstić information content (AvgIpc) is 2.60. The third-order valence-electron chi connectivity index (χ3n) is 5.85. The minimum absolute atomic E-state index is 0. The van der Waals surface area contributed by atoms with Crippen molar-refractivity contribution in [3.8, 4) is 0 Å². The Morgan fingerprint density at radius 1 is 1.07 bits per heavy atom. The molecule has 7 heteroatoms. The van der Waals surface area contributed by atoms with Crippen molar-refractivity contribution in [1.82, 2.24) is 10.2 Å². The van der Waals surface area contributed by atoms with E-state index in [9.17, 15) is 4.79 Å². The van der Waals surface area contributed by atoms with Gasteiger partial charge in [-0.05, 0) is 46.1 Å². The third kappa shape index (κ3) is 8.86. The molecule has 0 atom stereocenters. The number of nitrogens with one attached hydrogen (secondary N) is 1. The highest BCUT2D eigenvalue weighted by molar-refractivity contribution is 5.85. The van der Waals surface area contributed by atoms with E-state index in [4.69, 9.17) is 10.5 Å². The van der Waals surface area contributed by atoms with Gasteiger partial charge in [-0.15, -0.1) is 24.8 Å². The Bertz CT molecular complexity index is 416. The zero-order chi connectivity index (χ0) is 18.2. The topological polar surface area (TPSA) is 67.6 Å². The van der Waals surface area contributed by atoms with E-state index in [1.54, 1.807) is 0 Å². The van der Waals surface area contributed by atoms with Crippen LogP contribution in [0.5, 0.6) is 0 Å². The molecule has 1 amide bonds. The first kappa shape index (κ1) is 26.9. The minimum Gasteiger partial charge on any atom is -0.373 e. The van der Waals surface area contributed by atoms with Crippen molar-refractivity contribution in [2.45, 2.75) is 89.2 Å². The lowest BCUT2D eigenvalue weighted by molar-refractivity contribution is -0.129. The second-order valence-electron chi connectivity index (χ2n) is 8.54. The first-order valence-corrected chi connectivity index (χ1v) is 10.3. The zero-order valence-corrected chi connectivity index (χ0v) is 18.9. The number of nitrogens with zero attached hydrogens (tertiary/aromatic N) is 1. The predicted octanol–water partition coefficient (Wildman–Crippen LogP) is 3.67. The molecule has 0 spiro atoms. The van der Waals surface area contributed by atoms with Crippen LogP contribution in [0.1, 0.15) is 78.1 Å². The quantitative estimate of drug-likeness (QED) is 0.552. The number of unbranched alkanes of at least 4 members (excludes halogenated alkanes) is 3. The average molecular weight is 426 g/mol. The molecular formula is C20H41Cl2N3O2. The Morgan fingerprint density at radius 2 is 1.74 bits per heavy atom. The second kappa shape index (κ2) is 13.2. The molecule has 3 N–H and O–H groups in total. The van der Waals surface area contributed by atoms with Crippen LogP contribution in [0.2, 0.25) is 0 Å². The van der Waals surface area contributed by atoms with Gasteiger partial charge in [0.25, 0.3) is 0 Å². The molecule has 1 heterocycles. The Hall–Kier alpha value is -0.0700. The maximum atomic E-state index is 12.3. The predicted molar refractivity (Wildman–Crippen MR) is 117 cm³/mol. The Balaban J connectivity index is 0.00000338. The van der Waals surface area contributed by atoms with E-state index in [0.717, 1.165) is 58.5 Å². The molecule has 1 saturated heterocycles. The molecule has 0 radical (unpaired) electrons. The lowest BCUT2D eigenvalue weighted by atomic mass is 9.79. The summed E-state index contributed by atoms with van der Waals surface area (Å²) < 4.78 is 5.90. The number of rotatable bonds is 9. The van der Waals surface area contributed by atoms with Crippen LogP contribution in [-0.4, -0.2) is 54.7 Å². The fraction of sp³-hybridized carbons (Fsp3) is 0.950. The molecule has 0 unspecified atom stereocenters. The Morgan fingerprint density at radius 3 is 2.37 bits per heavy atom. The molecule has 1 saturated carbocycles. The summed E-state index contributed by atoms with van der Waals surface area (Å²) in [5.41, 5.74) is 5.56. The summed E-state index contributed by atoms with van der Waals surface area (Å²) in [6.07, 6.45) is 11.2. The summed E-state index contributed by atoms with van der Waals surface area (Å²) in [7, 11) is 0. The molecule has 2 aliphatic rings. The summed E-state index contributed by atoms with van der Waals surface area (Å²) in [6, 6.07) is 0. The summed E-state index contributed by atoms with van der Waals surface area (Å²) in [5.74, 6) is 0.213. The Kier molecular flexibility index (Phi) is 13.2. The maximum Gasteiger partial charge on any atom is 0.220 e. The van der Waals surface area contributed by atoms with Crippen LogP contribution in [0.15, 0.2) is 0 Å². The van der Waals surface area contributed by atoms with E-state index in [1.165, 1.54) is 32.1 Å². The maximum absolute atomic E-state index is 12.3. The standard InChI is InChI=1S/C20H39N3O2.2ClH/c1-19(2)17-23(14-15-25-19)20(11-7-5-8-12-20)16-22-18(24)10-6-3-4-9-13-21;;/h3-17,21H2,1-2H3,(H,22,24);2*1H. The number of halogens is 2. The largest absolute Gasteiger partial charge is 0.373 e. The fourth-order valence-electron chi connectivity index (χ4n) is 4.37. The molecule has 5 nitrogen and oxygen atoms in total. The van der Waals surface area contributed by atoms with E-state index in [2.05, 4.69) is 24.1 Å². The summed E-state index contributed by atoms with van der Waals surface area (Å²) >= 11 is 0. The van der Waals surface area contributed by atoms with Crippen molar-refractivity contribution < 1.29 is 9.53 Å². The molecule has 2 rings (SSSR count). The van der Waals surface area contributed by atoms with Gasteiger partial charge in [0.15, 0.2) is 0 Å². The number of hydrogen-bond acceptors (Lipinski definition) is 4. The number of amides is 1. The van der Waals surface area contributed by atoms with E-state index in [-0.39, 0.29) is 41.9 Å². The van der Waals surface area contributed by atoms with Crippen LogP contribution in [0.3, 0.4) is 0 Å². The van der Waals surface area contributed by atoms with Crippen LogP contribution >= 0.6 is 24.8 Å². The second-order valence-corrected chi connectivity index (χ2v) is 8.54. The highest BCUT2D eigenvalue weighted by Crippen LogP contribution is 2.36. The van der Waals surface area contributed by atoms with Crippen LogP contribution in [0.25, 0.3) is 0 Å². The van der Waals surface area contributed by atoms with Gasteiger partial charge in [0.1, 0.15) is 0 Å².